The van der Waals surface area contributed by atoms with Crippen molar-refractivity contribution in [1.82, 2.24) is 5.32 Å². The van der Waals surface area contributed by atoms with E-state index in [9.17, 15) is 9.50 Å². The molecule has 0 aliphatic rings. The monoisotopic (exact) mass is 289 g/mol. The molecule has 0 bridgehead atoms. The number of hydrogen-bond acceptors (Lipinski definition) is 3. The topological polar surface area (TPSA) is 52.5 Å². The van der Waals surface area contributed by atoms with Crippen LogP contribution in [0.15, 0.2) is 42.5 Å². The van der Waals surface area contributed by atoms with Crippen LogP contribution >= 0.6 is 0 Å². The molecule has 2 rings (SSSR count). The average molecular weight is 289 g/mol. The lowest BCUT2D eigenvalue weighted by molar-refractivity contribution is 0.275. The number of benzene rings is 2. The van der Waals surface area contributed by atoms with Crippen LogP contribution in [0.4, 0.5) is 4.39 Å². The highest BCUT2D eigenvalue weighted by Gasteiger charge is 2.12. The number of para-hydroxylation sites is 1. The summed E-state index contributed by atoms with van der Waals surface area (Å²) in [5.41, 5.74) is 2.05. The highest BCUT2D eigenvalue weighted by molar-refractivity contribution is 5.34. The van der Waals surface area contributed by atoms with Gasteiger partial charge in [-0.05, 0) is 30.2 Å². The normalized spacial score (nSPS) is 12.3. The number of aliphatic hydroxyl groups is 1. The van der Waals surface area contributed by atoms with Gasteiger partial charge in [-0.3, -0.25) is 0 Å². The van der Waals surface area contributed by atoms with E-state index in [0.29, 0.717) is 12.1 Å². The molecule has 0 amide bonds. The van der Waals surface area contributed by atoms with Crippen LogP contribution in [0.25, 0.3) is 0 Å². The van der Waals surface area contributed by atoms with Gasteiger partial charge in [0.1, 0.15) is 11.6 Å². The van der Waals surface area contributed by atoms with Crippen LogP contribution < -0.4 is 5.32 Å². The standard InChI is InChI=1S/C17H20FNO2/c1-2-16(14-5-3-4-6-17(14)21)19-10-12-7-8-15(18)13(9-12)11-20/h3-9,16,19-21H,2,10-11H2,1H3/t16-/m0/s1. The summed E-state index contributed by atoms with van der Waals surface area (Å²) < 4.78 is 13.3. The van der Waals surface area contributed by atoms with Gasteiger partial charge in [0.15, 0.2) is 0 Å². The predicted octanol–water partition coefficient (Wildman–Crippen LogP) is 3.26. The summed E-state index contributed by atoms with van der Waals surface area (Å²) in [7, 11) is 0. The molecule has 3 N–H and O–H groups in total. The number of aliphatic hydroxyl groups excluding tert-OH is 1. The molecule has 0 radical (unpaired) electrons. The van der Waals surface area contributed by atoms with Gasteiger partial charge in [0.05, 0.1) is 6.61 Å². The van der Waals surface area contributed by atoms with E-state index in [1.54, 1.807) is 24.3 Å². The van der Waals surface area contributed by atoms with Gasteiger partial charge in [0.25, 0.3) is 0 Å². The fourth-order valence-corrected chi connectivity index (χ4v) is 2.36. The number of rotatable bonds is 6. The Morgan fingerprint density at radius 1 is 1.19 bits per heavy atom. The maximum Gasteiger partial charge on any atom is 0.128 e. The van der Waals surface area contributed by atoms with Crippen LogP contribution in [0.1, 0.15) is 36.1 Å². The van der Waals surface area contributed by atoms with E-state index in [1.807, 2.05) is 19.1 Å². The van der Waals surface area contributed by atoms with Crippen molar-refractivity contribution in [3.05, 3.63) is 65.0 Å². The Balaban J connectivity index is 2.09. The van der Waals surface area contributed by atoms with Gasteiger partial charge in [-0.25, -0.2) is 4.39 Å². The second kappa shape index (κ2) is 7.20. The molecule has 0 aliphatic carbocycles. The lowest BCUT2D eigenvalue weighted by atomic mass is 10.0. The molecule has 4 heteroatoms. The van der Waals surface area contributed by atoms with Gasteiger partial charge in [-0.15, -0.1) is 0 Å². The molecule has 2 aromatic carbocycles. The minimum Gasteiger partial charge on any atom is -0.508 e. The summed E-state index contributed by atoms with van der Waals surface area (Å²) in [5, 5.41) is 22.3. The molecule has 0 heterocycles. The van der Waals surface area contributed by atoms with Crippen molar-refractivity contribution in [3.63, 3.8) is 0 Å². The van der Waals surface area contributed by atoms with Crippen molar-refractivity contribution in [1.29, 1.82) is 0 Å². The third-order valence-corrected chi connectivity index (χ3v) is 3.55. The van der Waals surface area contributed by atoms with E-state index in [0.717, 1.165) is 17.5 Å². The molecule has 0 spiro atoms. The summed E-state index contributed by atoms with van der Waals surface area (Å²) >= 11 is 0. The van der Waals surface area contributed by atoms with Crippen LogP contribution in [-0.2, 0) is 13.2 Å². The van der Waals surface area contributed by atoms with Gasteiger partial charge in [-0.1, -0.05) is 31.2 Å². The third-order valence-electron chi connectivity index (χ3n) is 3.55. The third kappa shape index (κ3) is 3.80. The average Bonchev–Trinajstić information content (AvgIpc) is 2.51. The lowest BCUT2D eigenvalue weighted by Gasteiger charge is -2.19. The number of phenolic OH excluding ortho intramolecular Hbond substituents is 1. The molecule has 0 fully saturated rings. The summed E-state index contributed by atoms with van der Waals surface area (Å²) in [6.45, 7) is 2.27. The van der Waals surface area contributed by atoms with Crippen molar-refractivity contribution >= 4 is 0 Å². The minimum absolute atomic E-state index is 0.0221. The van der Waals surface area contributed by atoms with Crippen LogP contribution in [0.5, 0.6) is 5.75 Å². The molecule has 0 aliphatic heterocycles. The Labute approximate surface area is 124 Å². The molecule has 21 heavy (non-hydrogen) atoms. The first-order valence-corrected chi connectivity index (χ1v) is 7.05. The first-order chi connectivity index (χ1) is 10.2. The van der Waals surface area contributed by atoms with Gasteiger partial charge in [-0.2, -0.15) is 0 Å². The van der Waals surface area contributed by atoms with E-state index in [2.05, 4.69) is 5.32 Å². The fourth-order valence-electron chi connectivity index (χ4n) is 2.36. The van der Waals surface area contributed by atoms with Crippen molar-refractivity contribution in [2.45, 2.75) is 32.5 Å². The van der Waals surface area contributed by atoms with Gasteiger partial charge < -0.3 is 15.5 Å². The molecule has 0 saturated heterocycles. The van der Waals surface area contributed by atoms with Crippen molar-refractivity contribution in [2.24, 2.45) is 0 Å². The Morgan fingerprint density at radius 2 is 1.95 bits per heavy atom. The van der Waals surface area contributed by atoms with Crippen molar-refractivity contribution < 1.29 is 14.6 Å². The first kappa shape index (κ1) is 15.5. The predicted molar refractivity (Wildman–Crippen MR) is 80.3 cm³/mol. The molecule has 2 aromatic rings. The smallest absolute Gasteiger partial charge is 0.128 e. The molecule has 3 nitrogen and oxygen atoms in total. The fraction of sp³-hybridized carbons (Fsp3) is 0.294. The molecule has 0 saturated carbocycles. The number of phenols is 1. The molecule has 0 aromatic heterocycles. The second-order valence-electron chi connectivity index (χ2n) is 4.98. The summed E-state index contributed by atoms with van der Waals surface area (Å²) in [6, 6.07) is 12.0. The first-order valence-electron chi connectivity index (χ1n) is 7.05. The van der Waals surface area contributed by atoms with Crippen LogP contribution in [0, 0.1) is 5.82 Å². The Bertz CT molecular complexity index is 601. The minimum atomic E-state index is -0.394. The highest BCUT2D eigenvalue weighted by atomic mass is 19.1. The van der Waals surface area contributed by atoms with E-state index >= 15 is 0 Å². The summed E-state index contributed by atoms with van der Waals surface area (Å²) in [4.78, 5) is 0. The van der Waals surface area contributed by atoms with Gasteiger partial charge in [0.2, 0.25) is 0 Å². The summed E-state index contributed by atoms with van der Waals surface area (Å²) in [5.74, 6) is -0.124. The summed E-state index contributed by atoms with van der Waals surface area (Å²) in [6.07, 6.45) is 0.825. The van der Waals surface area contributed by atoms with Gasteiger partial charge >= 0.3 is 0 Å². The van der Waals surface area contributed by atoms with E-state index < -0.39 is 5.82 Å². The van der Waals surface area contributed by atoms with E-state index in [1.165, 1.54) is 6.07 Å². The number of aromatic hydroxyl groups is 1. The van der Waals surface area contributed by atoms with Crippen LogP contribution in [0.3, 0.4) is 0 Å². The van der Waals surface area contributed by atoms with Crippen LogP contribution in [-0.4, -0.2) is 10.2 Å². The largest absolute Gasteiger partial charge is 0.508 e. The second-order valence-corrected chi connectivity index (χ2v) is 4.98. The Hall–Kier alpha value is -1.91. The maximum atomic E-state index is 13.3. The van der Waals surface area contributed by atoms with Crippen molar-refractivity contribution in [3.8, 4) is 5.75 Å². The molecular weight excluding hydrogens is 269 g/mol. The number of halogens is 1. The SMILES string of the molecule is CC[C@H](NCc1ccc(F)c(CO)c1)c1ccccc1O. The Morgan fingerprint density at radius 3 is 2.62 bits per heavy atom. The molecule has 0 unspecified atom stereocenters. The molecular formula is C17H20FNO2. The zero-order valence-corrected chi connectivity index (χ0v) is 12.0. The molecule has 1 atom stereocenters. The zero-order chi connectivity index (χ0) is 15.2. The van der Waals surface area contributed by atoms with Crippen LogP contribution in [0.2, 0.25) is 0 Å². The number of hydrogen-bond donors (Lipinski definition) is 3. The van der Waals surface area contributed by atoms with E-state index in [4.69, 9.17) is 5.11 Å². The lowest BCUT2D eigenvalue weighted by Crippen LogP contribution is -2.20. The van der Waals surface area contributed by atoms with Gasteiger partial charge in [0, 0.05) is 23.7 Å². The number of nitrogens with one attached hydrogen (secondary N) is 1. The Kier molecular flexibility index (Phi) is 5.31. The van der Waals surface area contributed by atoms with Crippen molar-refractivity contribution in [2.75, 3.05) is 0 Å². The highest BCUT2D eigenvalue weighted by Crippen LogP contribution is 2.26. The zero-order valence-electron chi connectivity index (χ0n) is 12.0. The maximum absolute atomic E-state index is 13.3. The quantitative estimate of drug-likeness (QED) is 0.765. The molecule has 112 valence electrons. The van der Waals surface area contributed by atoms with E-state index in [-0.39, 0.29) is 18.4 Å².